The molecule has 1 amide bonds. The van der Waals surface area contributed by atoms with Gasteiger partial charge in [-0.25, -0.2) is 0 Å². The second kappa shape index (κ2) is 7.72. The highest BCUT2D eigenvalue weighted by Gasteiger charge is 2.33. The summed E-state index contributed by atoms with van der Waals surface area (Å²) < 4.78 is 10.8. The first-order valence-corrected chi connectivity index (χ1v) is 9.22. The lowest BCUT2D eigenvalue weighted by Gasteiger charge is -2.25. The normalized spacial score (nSPS) is 16.2. The highest BCUT2D eigenvalue weighted by molar-refractivity contribution is 5.92. The van der Waals surface area contributed by atoms with Gasteiger partial charge in [0.1, 0.15) is 11.5 Å². The quantitative estimate of drug-likeness (QED) is 0.682. The van der Waals surface area contributed by atoms with Crippen LogP contribution in [0.2, 0.25) is 0 Å². The predicted octanol–water partition coefficient (Wildman–Crippen LogP) is 3.26. The second-order valence-corrected chi connectivity index (χ2v) is 6.62. The number of hydrogen-bond acceptors (Lipinski definition) is 5. The van der Waals surface area contributed by atoms with Gasteiger partial charge in [0.15, 0.2) is 5.69 Å². The van der Waals surface area contributed by atoms with E-state index in [0.29, 0.717) is 12.2 Å². The Kier molecular flexibility index (Phi) is 4.97. The fourth-order valence-corrected chi connectivity index (χ4v) is 3.62. The Morgan fingerprint density at radius 3 is 2.68 bits per heavy atom. The van der Waals surface area contributed by atoms with Crippen LogP contribution >= 0.6 is 0 Å². The molecule has 0 saturated carbocycles. The highest BCUT2D eigenvalue weighted by atomic mass is 16.5. The van der Waals surface area contributed by atoms with Crippen molar-refractivity contribution in [3.8, 4) is 17.2 Å². The molecule has 1 fully saturated rings. The molecule has 1 aromatic heterocycles. The first-order chi connectivity index (χ1) is 13.7. The molecule has 3 aromatic rings. The Hall–Kier alpha value is -3.35. The number of likely N-dealkylation sites (tertiary alicyclic amines) is 1. The zero-order chi connectivity index (χ0) is 19.5. The molecule has 2 heterocycles. The van der Waals surface area contributed by atoms with Crippen molar-refractivity contribution in [1.82, 2.24) is 19.9 Å². The molecule has 144 valence electrons. The van der Waals surface area contributed by atoms with Gasteiger partial charge in [-0.05, 0) is 37.1 Å². The third-order valence-corrected chi connectivity index (χ3v) is 5.01. The largest absolute Gasteiger partial charge is 0.497 e. The molecule has 2 aromatic carbocycles. The SMILES string of the molecule is COc1ccc([C@H]2CCCN2C(=O)c2cnn(-c3ccccc3)n2)c(OC)c1. The van der Waals surface area contributed by atoms with Crippen LogP contribution in [0.3, 0.4) is 0 Å². The van der Waals surface area contributed by atoms with Crippen molar-refractivity contribution in [2.75, 3.05) is 20.8 Å². The number of aromatic nitrogens is 3. The average molecular weight is 378 g/mol. The summed E-state index contributed by atoms with van der Waals surface area (Å²) >= 11 is 0. The maximum Gasteiger partial charge on any atom is 0.276 e. The number of nitrogens with zero attached hydrogens (tertiary/aromatic N) is 4. The molecule has 0 N–H and O–H groups in total. The summed E-state index contributed by atoms with van der Waals surface area (Å²) in [6, 6.07) is 15.2. The molecule has 1 aliphatic rings. The maximum atomic E-state index is 13.1. The van der Waals surface area contributed by atoms with Gasteiger partial charge in [-0.1, -0.05) is 18.2 Å². The highest BCUT2D eigenvalue weighted by Crippen LogP contribution is 2.39. The van der Waals surface area contributed by atoms with E-state index in [1.54, 1.807) is 14.2 Å². The first kappa shape index (κ1) is 18.0. The lowest BCUT2D eigenvalue weighted by atomic mass is 10.0. The van der Waals surface area contributed by atoms with Crippen LogP contribution in [0.4, 0.5) is 0 Å². The Morgan fingerprint density at radius 1 is 1.11 bits per heavy atom. The van der Waals surface area contributed by atoms with Crippen molar-refractivity contribution in [2.24, 2.45) is 0 Å². The summed E-state index contributed by atoms with van der Waals surface area (Å²) in [4.78, 5) is 16.5. The van der Waals surface area contributed by atoms with Gasteiger partial charge in [0.2, 0.25) is 0 Å². The fourth-order valence-electron chi connectivity index (χ4n) is 3.62. The van der Waals surface area contributed by atoms with Crippen LogP contribution in [0.5, 0.6) is 11.5 Å². The minimum Gasteiger partial charge on any atom is -0.497 e. The monoisotopic (exact) mass is 378 g/mol. The van der Waals surface area contributed by atoms with Gasteiger partial charge in [0, 0.05) is 18.2 Å². The zero-order valence-electron chi connectivity index (χ0n) is 15.9. The van der Waals surface area contributed by atoms with Crippen molar-refractivity contribution < 1.29 is 14.3 Å². The van der Waals surface area contributed by atoms with Crippen LogP contribution in [0.25, 0.3) is 5.69 Å². The Labute approximate surface area is 163 Å². The standard InChI is InChI=1S/C21H22N4O3/c1-27-16-10-11-17(20(13-16)28-2)19-9-6-12-24(19)21(26)18-14-22-25(23-18)15-7-4-3-5-8-15/h3-5,7-8,10-11,13-14,19H,6,9,12H2,1-2H3/t19-/m1/s1. The molecular weight excluding hydrogens is 356 g/mol. The van der Waals surface area contributed by atoms with E-state index in [4.69, 9.17) is 9.47 Å². The summed E-state index contributed by atoms with van der Waals surface area (Å²) in [5.74, 6) is 1.32. The van der Waals surface area contributed by atoms with E-state index < -0.39 is 0 Å². The predicted molar refractivity (Wildman–Crippen MR) is 104 cm³/mol. The Bertz CT molecular complexity index is 971. The third kappa shape index (κ3) is 3.31. The number of carbonyl (C=O) groups excluding carboxylic acids is 1. The average Bonchev–Trinajstić information content (AvgIpc) is 3.43. The Morgan fingerprint density at radius 2 is 1.93 bits per heavy atom. The minimum absolute atomic E-state index is 0.0600. The summed E-state index contributed by atoms with van der Waals surface area (Å²) in [5.41, 5.74) is 2.13. The Balaban J connectivity index is 1.60. The van der Waals surface area contributed by atoms with Crippen LogP contribution < -0.4 is 9.47 Å². The molecule has 1 saturated heterocycles. The summed E-state index contributed by atoms with van der Waals surface area (Å²) in [6.07, 6.45) is 3.33. The van der Waals surface area contributed by atoms with Crippen LogP contribution in [0.15, 0.2) is 54.7 Å². The van der Waals surface area contributed by atoms with E-state index >= 15 is 0 Å². The van der Waals surface area contributed by atoms with E-state index in [0.717, 1.165) is 35.6 Å². The number of carbonyl (C=O) groups is 1. The zero-order valence-corrected chi connectivity index (χ0v) is 15.9. The molecule has 0 aliphatic carbocycles. The molecule has 0 spiro atoms. The summed E-state index contributed by atoms with van der Waals surface area (Å²) in [5, 5.41) is 8.64. The van der Waals surface area contributed by atoms with Gasteiger partial charge in [-0.3, -0.25) is 4.79 Å². The van der Waals surface area contributed by atoms with E-state index in [2.05, 4.69) is 10.2 Å². The van der Waals surface area contributed by atoms with Crippen molar-refractivity contribution in [2.45, 2.75) is 18.9 Å². The van der Waals surface area contributed by atoms with Gasteiger partial charge in [0.25, 0.3) is 5.91 Å². The van der Waals surface area contributed by atoms with Gasteiger partial charge in [-0.15, -0.1) is 5.10 Å². The van der Waals surface area contributed by atoms with E-state index in [-0.39, 0.29) is 11.9 Å². The molecule has 7 heteroatoms. The number of rotatable bonds is 5. The van der Waals surface area contributed by atoms with E-state index in [1.165, 1.54) is 11.0 Å². The van der Waals surface area contributed by atoms with Gasteiger partial charge in [-0.2, -0.15) is 9.90 Å². The third-order valence-electron chi connectivity index (χ3n) is 5.01. The van der Waals surface area contributed by atoms with Gasteiger partial charge < -0.3 is 14.4 Å². The van der Waals surface area contributed by atoms with E-state index in [9.17, 15) is 4.79 Å². The maximum absolute atomic E-state index is 13.1. The first-order valence-electron chi connectivity index (χ1n) is 9.22. The fraction of sp³-hybridized carbons (Fsp3) is 0.286. The van der Waals surface area contributed by atoms with Crippen molar-refractivity contribution in [3.63, 3.8) is 0 Å². The molecule has 1 aliphatic heterocycles. The molecule has 28 heavy (non-hydrogen) atoms. The molecule has 4 rings (SSSR count). The van der Waals surface area contributed by atoms with Gasteiger partial charge in [0.05, 0.1) is 32.1 Å². The van der Waals surface area contributed by atoms with Crippen molar-refractivity contribution >= 4 is 5.91 Å². The van der Waals surface area contributed by atoms with Crippen LogP contribution in [-0.2, 0) is 0 Å². The number of ether oxygens (including phenoxy) is 2. The molecule has 0 radical (unpaired) electrons. The molecular formula is C21H22N4O3. The molecule has 7 nitrogen and oxygen atoms in total. The molecule has 1 atom stereocenters. The van der Waals surface area contributed by atoms with Crippen LogP contribution in [0, 0.1) is 0 Å². The van der Waals surface area contributed by atoms with E-state index in [1.807, 2.05) is 53.4 Å². The summed E-state index contributed by atoms with van der Waals surface area (Å²) in [6.45, 7) is 0.677. The minimum atomic E-state index is -0.123. The van der Waals surface area contributed by atoms with Crippen molar-refractivity contribution in [3.05, 3.63) is 66.0 Å². The topological polar surface area (TPSA) is 69.5 Å². The smallest absolute Gasteiger partial charge is 0.276 e. The molecule has 0 bridgehead atoms. The second-order valence-electron chi connectivity index (χ2n) is 6.62. The summed E-state index contributed by atoms with van der Waals surface area (Å²) in [7, 11) is 3.25. The van der Waals surface area contributed by atoms with Crippen LogP contribution in [0.1, 0.15) is 34.9 Å². The number of benzene rings is 2. The lowest BCUT2D eigenvalue weighted by Crippen LogP contribution is -2.31. The number of para-hydroxylation sites is 1. The lowest BCUT2D eigenvalue weighted by molar-refractivity contribution is 0.0727. The van der Waals surface area contributed by atoms with Crippen molar-refractivity contribution in [1.29, 1.82) is 0 Å². The molecule has 0 unspecified atom stereocenters. The van der Waals surface area contributed by atoms with Gasteiger partial charge >= 0.3 is 0 Å². The number of amides is 1. The number of methoxy groups -OCH3 is 2. The van der Waals surface area contributed by atoms with Crippen LogP contribution in [-0.4, -0.2) is 46.6 Å². The number of hydrogen-bond donors (Lipinski definition) is 0.